The molecule has 0 fully saturated rings. The second-order valence-electron chi connectivity index (χ2n) is 4.76. The van der Waals surface area contributed by atoms with Crippen LogP contribution in [0.15, 0.2) is 30.3 Å². The van der Waals surface area contributed by atoms with E-state index in [-0.39, 0.29) is 0 Å². The quantitative estimate of drug-likeness (QED) is 0.749. The Morgan fingerprint density at radius 2 is 2.10 bits per heavy atom. The van der Waals surface area contributed by atoms with E-state index in [9.17, 15) is 4.79 Å². The molecular formula is C15H16N4O. The Morgan fingerprint density at radius 3 is 2.80 bits per heavy atom. The molecule has 1 heterocycles. The van der Waals surface area contributed by atoms with Crippen molar-refractivity contribution in [1.29, 1.82) is 0 Å². The van der Waals surface area contributed by atoms with Crippen molar-refractivity contribution in [1.82, 2.24) is 9.55 Å². The topological polar surface area (TPSA) is 72.9 Å². The molecule has 5 heteroatoms. The van der Waals surface area contributed by atoms with E-state index < -0.39 is 6.03 Å². The number of aromatic nitrogens is 2. The van der Waals surface area contributed by atoms with Crippen molar-refractivity contribution in [3.05, 3.63) is 36.2 Å². The van der Waals surface area contributed by atoms with Gasteiger partial charge in [-0.05, 0) is 37.4 Å². The molecule has 102 valence electrons. The summed E-state index contributed by atoms with van der Waals surface area (Å²) in [6.45, 7) is 4.98. The van der Waals surface area contributed by atoms with Gasteiger partial charge in [-0.1, -0.05) is 12.1 Å². The fraction of sp³-hybridized carbons (Fsp3) is 0.200. The monoisotopic (exact) mass is 268 g/mol. The van der Waals surface area contributed by atoms with E-state index in [1.165, 1.54) is 0 Å². The average molecular weight is 268 g/mol. The number of hydrogen-bond donors (Lipinski definition) is 2. The zero-order valence-corrected chi connectivity index (χ0v) is 11.5. The SMILES string of the molecule is CCn1c(C)nc2c3cc(NC(N)=O)ccc3ccc21. The highest BCUT2D eigenvalue weighted by Crippen LogP contribution is 2.28. The lowest BCUT2D eigenvalue weighted by molar-refractivity contribution is 0.259. The summed E-state index contributed by atoms with van der Waals surface area (Å²) < 4.78 is 2.17. The summed E-state index contributed by atoms with van der Waals surface area (Å²) in [5.41, 5.74) is 7.90. The van der Waals surface area contributed by atoms with Gasteiger partial charge < -0.3 is 15.6 Å². The normalized spacial score (nSPS) is 11.1. The number of aryl methyl sites for hydroxylation is 2. The second-order valence-corrected chi connectivity index (χ2v) is 4.76. The number of imidazole rings is 1. The molecule has 3 rings (SSSR count). The summed E-state index contributed by atoms with van der Waals surface area (Å²) in [5.74, 6) is 0.989. The van der Waals surface area contributed by atoms with Crippen LogP contribution in [0.4, 0.5) is 10.5 Å². The number of nitrogens with two attached hydrogens (primary N) is 1. The number of rotatable bonds is 2. The zero-order chi connectivity index (χ0) is 14.3. The molecular weight excluding hydrogens is 252 g/mol. The minimum absolute atomic E-state index is 0.563. The molecule has 0 aliphatic rings. The number of carbonyl (C=O) groups excluding carboxylic acids is 1. The smallest absolute Gasteiger partial charge is 0.316 e. The van der Waals surface area contributed by atoms with Crippen LogP contribution in [0.2, 0.25) is 0 Å². The average Bonchev–Trinajstić information content (AvgIpc) is 2.73. The fourth-order valence-electron chi connectivity index (χ4n) is 2.64. The van der Waals surface area contributed by atoms with Crippen molar-refractivity contribution in [3.8, 4) is 0 Å². The number of benzene rings is 2. The van der Waals surface area contributed by atoms with Gasteiger partial charge in [-0.15, -0.1) is 0 Å². The summed E-state index contributed by atoms with van der Waals surface area (Å²) in [4.78, 5) is 15.6. The number of urea groups is 1. The maximum atomic E-state index is 11.0. The van der Waals surface area contributed by atoms with E-state index in [1.807, 2.05) is 25.1 Å². The molecule has 0 atom stereocenters. The van der Waals surface area contributed by atoms with E-state index in [0.29, 0.717) is 5.69 Å². The Morgan fingerprint density at radius 1 is 1.35 bits per heavy atom. The number of hydrogen-bond acceptors (Lipinski definition) is 2. The number of nitrogens with one attached hydrogen (secondary N) is 1. The number of fused-ring (bicyclic) bond motifs is 3. The van der Waals surface area contributed by atoms with Crippen molar-refractivity contribution < 1.29 is 4.79 Å². The maximum Gasteiger partial charge on any atom is 0.316 e. The van der Waals surface area contributed by atoms with Gasteiger partial charge >= 0.3 is 6.03 Å². The lowest BCUT2D eigenvalue weighted by Crippen LogP contribution is -2.19. The number of nitrogens with zero attached hydrogens (tertiary/aromatic N) is 2. The number of carbonyl (C=O) groups is 1. The van der Waals surface area contributed by atoms with Crippen LogP contribution < -0.4 is 11.1 Å². The van der Waals surface area contributed by atoms with Gasteiger partial charge in [0.1, 0.15) is 5.82 Å². The molecule has 0 radical (unpaired) electrons. The summed E-state index contributed by atoms with van der Waals surface area (Å²) in [5, 5.41) is 4.71. The highest BCUT2D eigenvalue weighted by Gasteiger charge is 2.10. The Balaban J connectivity index is 2.30. The first-order valence-electron chi connectivity index (χ1n) is 6.56. The first-order chi connectivity index (χ1) is 9.60. The van der Waals surface area contributed by atoms with Gasteiger partial charge in [-0.2, -0.15) is 0 Å². The molecule has 20 heavy (non-hydrogen) atoms. The molecule has 3 N–H and O–H groups in total. The van der Waals surface area contributed by atoms with Gasteiger partial charge in [-0.25, -0.2) is 9.78 Å². The molecule has 0 spiro atoms. The Bertz CT molecular complexity index is 819. The largest absolute Gasteiger partial charge is 0.351 e. The molecule has 0 bridgehead atoms. The first-order valence-corrected chi connectivity index (χ1v) is 6.56. The highest BCUT2D eigenvalue weighted by atomic mass is 16.2. The molecule has 0 saturated heterocycles. The molecule has 0 saturated carbocycles. The predicted octanol–water partition coefficient (Wildman–Crippen LogP) is 3.01. The van der Waals surface area contributed by atoms with Gasteiger partial charge in [-0.3, -0.25) is 0 Å². The van der Waals surface area contributed by atoms with Crippen molar-refractivity contribution in [2.75, 3.05) is 5.32 Å². The lowest BCUT2D eigenvalue weighted by atomic mass is 10.1. The van der Waals surface area contributed by atoms with Crippen molar-refractivity contribution >= 4 is 33.5 Å². The standard InChI is InChI=1S/C15H16N4O/c1-3-19-9(2)17-14-12-8-11(18-15(16)20)6-4-10(12)5-7-13(14)19/h4-8H,3H2,1-2H3,(H3,16,18,20). The van der Waals surface area contributed by atoms with Gasteiger partial charge in [0.25, 0.3) is 0 Å². The summed E-state index contributed by atoms with van der Waals surface area (Å²) in [7, 11) is 0. The molecule has 2 aromatic carbocycles. The van der Waals surface area contributed by atoms with Crippen LogP contribution in [0.25, 0.3) is 21.8 Å². The maximum absolute atomic E-state index is 11.0. The Labute approximate surface area is 116 Å². The molecule has 2 amide bonds. The van der Waals surface area contributed by atoms with Crippen LogP contribution in [-0.2, 0) is 6.54 Å². The molecule has 3 aromatic rings. The predicted molar refractivity (Wildman–Crippen MR) is 80.9 cm³/mol. The number of amides is 2. The van der Waals surface area contributed by atoms with Gasteiger partial charge in [0.2, 0.25) is 0 Å². The van der Waals surface area contributed by atoms with E-state index >= 15 is 0 Å². The van der Waals surface area contributed by atoms with Crippen LogP contribution in [0, 0.1) is 6.92 Å². The highest BCUT2D eigenvalue weighted by molar-refractivity contribution is 6.06. The van der Waals surface area contributed by atoms with Crippen LogP contribution in [-0.4, -0.2) is 15.6 Å². The molecule has 1 aromatic heterocycles. The zero-order valence-electron chi connectivity index (χ0n) is 11.5. The summed E-state index contributed by atoms with van der Waals surface area (Å²) >= 11 is 0. The molecule has 0 unspecified atom stereocenters. The van der Waals surface area contributed by atoms with Gasteiger partial charge in [0.05, 0.1) is 11.0 Å². The van der Waals surface area contributed by atoms with Gasteiger partial charge in [0.15, 0.2) is 0 Å². The number of primary amides is 1. The summed E-state index contributed by atoms with van der Waals surface area (Å²) in [6, 6.07) is 9.30. The van der Waals surface area contributed by atoms with E-state index in [4.69, 9.17) is 5.73 Å². The number of anilines is 1. The molecule has 5 nitrogen and oxygen atoms in total. The minimum atomic E-state index is -0.563. The van der Waals surface area contributed by atoms with Crippen molar-refractivity contribution in [2.24, 2.45) is 5.73 Å². The third-order valence-corrected chi connectivity index (χ3v) is 3.51. The lowest BCUT2D eigenvalue weighted by Gasteiger charge is -2.06. The minimum Gasteiger partial charge on any atom is -0.351 e. The second kappa shape index (κ2) is 4.52. The first kappa shape index (κ1) is 12.5. The van der Waals surface area contributed by atoms with Crippen LogP contribution >= 0.6 is 0 Å². The molecule has 0 aliphatic carbocycles. The van der Waals surface area contributed by atoms with E-state index in [0.717, 1.165) is 34.2 Å². The van der Waals surface area contributed by atoms with E-state index in [2.05, 4.69) is 33.9 Å². The third-order valence-electron chi connectivity index (χ3n) is 3.51. The van der Waals surface area contributed by atoms with E-state index in [1.54, 1.807) is 0 Å². The molecule has 0 aliphatic heterocycles. The Kier molecular flexibility index (Phi) is 2.82. The summed E-state index contributed by atoms with van der Waals surface area (Å²) in [6.07, 6.45) is 0. The van der Waals surface area contributed by atoms with Crippen molar-refractivity contribution in [2.45, 2.75) is 20.4 Å². The van der Waals surface area contributed by atoms with Crippen molar-refractivity contribution in [3.63, 3.8) is 0 Å². The third kappa shape index (κ3) is 1.87. The van der Waals surface area contributed by atoms with Crippen LogP contribution in [0.3, 0.4) is 0 Å². The Hall–Kier alpha value is -2.56. The van der Waals surface area contributed by atoms with Crippen LogP contribution in [0.1, 0.15) is 12.7 Å². The van der Waals surface area contributed by atoms with Crippen LogP contribution in [0.5, 0.6) is 0 Å². The van der Waals surface area contributed by atoms with Gasteiger partial charge in [0, 0.05) is 17.6 Å². The fourth-order valence-corrected chi connectivity index (χ4v) is 2.64.